The second kappa shape index (κ2) is 7.49. The number of para-hydroxylation sites is 1. The Morgan fingerprint density at radius 2 is 1.96 bits per heavy atom. The number of hydrogen-bond acceptors (Lipinski definition) is 3. The van der Waals surface area contributed by atoms with Crippen molar-refractivity contribution in [3.8, 4) is 17.3 Å². The lowest BCUT2D eigenvalue weighted by atomic mass is 10.0. The number of nitrogens with zero attached hydrogens (tertiary/aromatic N) is 1. The lowest BCUT2D eigenvalue weighted by Crippen LogP contribution is -1.99. The zero-order valence-corrected chi connectivity index (χ0v) is 14.4. The molecule has 0 radical (unpaired) electrons. The smallest absolute Gasteiger partial charge is 0.213 e. The molecular weight excluding hydrogens is 298 g/mol. The second-order valence-electron chi connectivity index (χ2n) is 5.98. The molecule has 0 aliphatic carbocycles. The predicted molar refractivity (Wildman–Crippen MR) is 99.5 cm³/mol. The Kier molecular flexibility index (Phi) is 5.16. The molecule has 3 aromatic rings. The minimum Gasteiger partial charge on any atom is -0.481 e. The standard InChI is InChI=1S/C20H25N3O/c1-3-14-8-6-10-15-16(9-4-5-13-21)20(23-19(14)15)17-11-7-12-18(22-17)24-2/h6-8,10-12,23H,3-5,9,13,21H2,1-2H3. The molecular formula is C20H25N3O. The van der Waals surface area contributed by atoms with Gasteiger partial charge in [0.2, 0.25) is 5.88 Å². The molecule has 2 aromatic heterocycles. The van der Waals surface area contributed by atoms with Gasteiger partial charge in [-0.25, -0.2) is 4.98 Å². The molecule has 0 spiro atoms. The number of benzene rings is 1. The summed E-state index contributed by atoms with van der Waals surface area (Å²) in [5.41, 5.74) is 11.6. The van der Waals surface area contributed by atoms with Gasteiger partial charge in [-0.3, -0.25) is 0 Å². The monoisotopic (exact) mass is 323 g/mol. The highest BCUT2D eigenvalue weighted by molar-refractivity contribution is 5.92. The predicted octanol–water partition coefficient (Wildman–Crippen LogP) is 4.08. The molecule has 126 valence electrons. The van der Waals surface area contributed by atoms with Crippen LogP contribution >= 0.6 is 0 Å². The molecule has 3 rings (SSSR count). The summed E-state index contributed by atoms with van der Waals surface area (Å²) in [6, 6.07) is 12.4. The van der Waals surface area contributed by atoms with Crippen molar-refractivity contribution < 1.29 is 4.74 Å². The van der Waals surface area contributed by atoms with Gasteiger partial charge in [-0.1, -0.05) is 31.2 Å². The second-order valence-corrected chi connectivity index (χ2v) is 5.98. The van der Waals surface area contributed by atoms with Gasteiger partial charge in [0.05, 0.1) is 18.5 Å². The van der Waals surface area contributed by atoms with Crippen molar-refractivity contribution in [3.63, 3.8) is 0 Å². The third-order valence-corrected chi connectivity index (χ3v) is 4.48. The number of nitrogens with two attached hydrogens (primary N) is 1. The summed E-state index contributed by atoms with van der Waals surface area (Å²) in [5, 5.41) is 1.30. The van der Waals surface area contributed by atoms with Crippen molar-refractivity contribution in [3.05, 3.63) is 47.5 Å². The van der Waals surface area contributed by atoms with Crippen LogP contribution in [-0.2, 0) is 12.8 Å². The van der Waals surface area contributed by atoms with Crippen molar-refractivity contribution in [2.75, 3.05) is 13.7 Å². The molecule has 0 aliphatic rings. The first-order valence-electron chi connectivity index (χ1n) is 8.62. The van der Waals surface area contributed by atoms with Crippen LogP contribution in [0.1, 0.15) is 30.9 Å². The number of fused-ring (bicyclic) bond motifs is 1. The number of aromatic amines is 1. The van der Waals surface area contributed by atoms with Gasteiger partial charge >= 0.3 is 0 Å². The number of pyridine rings is 1. The number of H-pyrrole nitrogens is 1. The van der Waals surface area contributed by atoms with Crippen molar-refractivity contribution in [2.24, 2.45) is 5.73 Å². The van der Waals surface area contributed by atoms with Gasteiger partial charge < -0.3 is 15.5 Å². The lowest BCUT2D eigenvalue weighted by Gasteiger charge is -2.06. The number of hydrogen-bond donors (Lipinski definition) is 2. The Morgan fingerprint density at radius 1 is 1.12 bits per heavy atom. The first-order valence-corrected chi connectivity index (χ1v) is 8.62. The van der Waals surface area contributed by atoms with Gasteiger partial charge in [-0.15, -0.1) is 0 Å². The van der Waals surface area contributed by atoms with E-state index < -0.39 is 0 Å². The third-order valence-electron chi connectivity index (χ3n) is 4.48. The molecule has 0 unspecified atom stereocenters. The molecule has 0 amide bonds. The molecule has 3 N–H and O–H groups in total. The summed E-state index contributed by atoms with van der Waals surface area (Å²) in [6.45, 7) is 2.92. The van der Waals surface area contributed by atoms with Gasteiger partial charge in [0, 0.05) is 17.0 Å². The number of ether oxygens (including phenoxy) is 1. The van der Waals surface area contributed by atoms with Crippen LogP contribution < -0.4 is 10.5 Å². The van der Waals surface area contributed by atoms with Crippen molar-refractivity contribution in [1.29, 1.82) is 0 Å². The molecule has 4 nitrogen and oxygen atoms in total. The number of unbranched alkanes of at least 4 members (excludes halogenated alkanes) is 1. The molecule has 4 heteroatoms. The maximum absolute atomic E-state index is 5.68. The minimum atomic E-state index is 0.634. The zero-order valence-electron chi connectivity index (χ0n) is 14.4. The zero-order chi connectivity index (χ0) is 16.9. The molecule has 0 bridgehead atoms. The van der Waals surface area contributed by atoms with Gasteiger partial charge in [0.25, 0.3) is 0 Å². The lowest BCUT2D eigenvalue weighted by molar-refractivity contribution is 0.398. The first kappa shape index (κ1) is 16.5. The van der Waals surface area contributed by atoms with Crippen LogP contribution in [0.4, 0.5) is 0 Å². The van der Waals surface area contributed by atoms with Crippen molar-refractivity contribution in [2.45, 2.75) is 32.6 Å². The Balaban J connectivity index is 2.15. The van der Waals surface area contributed by atoms with Crippen LogP contribution in [0.25, 0.3) is 22.3 Å². The summed E-state index contributed by atoms with van der Waals surface area (Å²) in [5.74, 6) is 0.634. The highest BCUT2D eigenvalue weighted by Crippen LogP contribution is 2.33. The van der Waals surface area contributed by atoms with Crippen LogP contribution in [0.15, 0.2) is 36.4 Å². The minimum absolute atomic E-state index is 0.634. The number of aromatic nitrogens is 2. The van der Waals surface area contributed by atoms with Crippen LogP contribution in [0.5, 0.6) is 5.88 Å². The van der Waals surface area contributed by atoms with Crippen molar-refractivity contribution >= 4 is 10.9 Å². The third kappa shape index (κ3) is 3.15. The molecule has 24 heavy (non-hydrogen) atoms. The maximum Gasteiger partial charge on any atom is 0.213 e. The van der Waals surface area contributed by atoms with E-state index in [0.29, 0.717) is 5.88 Å². The first-order chi connectivity index (χ1) is 11.8. The Labute approximate surface area is 143 Å². The fraction of sp³-hybridized carbons (Fsp3) is 0.350. The normalized spacial score (nSPS) is 11.1. The molecule has 0 fully saturated rings. The highest BCUT2D eigenvalue weighted by Gasteiger charge is 2.16. The summed E-state index contributed by atoms with van der Waals surface area (Å²) in [6.07, 6.45) is 4.12. The summed E-state index contributed by atoms with van der Waals surface area (Å²) < 4.78 is 5.29. The van der Waals surface area contributed by atoms with Crippen LogP contribution in [0.2, 0.25) is 0 Å². The van der Waals surface area contributed by atoms with Gasteiger partial charge in [0.15, 0.2) is 0 Å². The average molecular weight is 323 g/mol. The van der Waals surface area contributed by atoms with Crippen LogP contribution in [-0.4, -0.2) is 23.6 Å². The number of methoxy groups -OCH3 is 1. The summed E-state index contributed by atoms with van der Waals surface area (Å²) >= 11 is 0. The molecule has 0 atom stereocenters. The van der Waals surface area contributed by atoms with E-state index in [-0.39, 0.29) is 0 Å². The fourth-order valence-electron chi connectivity index (χ4n) is 3.22. The van der Waals surface area contributed by atoms with Crippen LogP contribution in [0.3, 0.4) is 0 Å². The quantitative estimate of drug-likeness (QED) is 0.644. The average Bonchev–Trinajstić information content (AvgIpc) is 3.01. The molecule has 2 heterocycles. The molecule has 1 aromatic carbocycles. The van der Waals surface area contributed by atoms with E-state index in [9.17, 15) is 0 Å². The van der Waals surface area contributed by atoms with E-state index in [0.717, 1.165) is 43.6 Å². The van der Waals surface area contributed by atoms with Crippen LogP contribution in [0, 0.1) is 0 Å². The Bertz CT molecular complexity index is 823. The number of aryl methyl sites for hydroxylation is 2. The summed E-state index contributed by atoms with van der Waals surface area (Å²) in [4.78, 5) is 8.25. The largest absolute Gasteiger partial charge is 0.481 e. The van der Waals surface area contributed by atoms with E-state index in [1.165, 1.54) is 22.0 Å². The van der Waals surface area contributed by atoms with E-state index in [1.54, 1.807) is 7.11 Å². The molecule has 0 saturated heterocycles. The van der Waals surface area contributed by atoms with Crippen molar-refractivity contribution in [1.82, 2.24) is 9.97 Å². The molecule has 0 aliphatic heterocycles. The van der Waals surface area contributed by atoms with Gasteiger partial charge in [-0.2, -0.15) is 0 Å². The number of nitrogens with one attached hydrogen (secondary N) is 1. The fourth-order valence-corrected chi connectivity index (χ4v) is 3.22. The van der Waals surface area contributed by atoms with E-state index in [2.05, 4.69) is 35.1 Å². The Hall–Kier alpha value is -2.33. The Morgan fingerprint density at radius 3 is 2.71 bits per heavy atom. The van der Waals surface area contributed by atoms with E-state index in [4.69, 9.17) is 10.5 Å². The van der Waals surface area contributed by atoms with Gasteiger partial charge in [0.1, 0.15) is 0 Å². The van der Waals surface area contributed by atoms with E-state index >= 15 is 0 Å². The summed E-state index contributed by atoms with van der Waals surface area (Å²) in [7, 11) is 1.65. The highest BCUT2D eigenvalue weighted by atomic mass is 16.5. The topological polar surface area (TPSA) is 63.9 Å². The maximum atomic E-state index is 5.68. The molecule has 0 saturated carbocycles. The SMILES string of the molecule is CCc1cccc2c(CCCCN)c(-c3cccc(OC)n3)[nH]c12. The van der Waals surface area contributed by atoms with E-state index in [1.807, 2.05) is 18.2 Å². The number of rotatable bonds is 7. The van der Waals surface area contributed by atoms with Gasteiger partial charge in [-0.05, 0) is 49.4 Å².